The first-order valence-electron chi connectivity index (χ1n) is 7.90. The van der Waals surface area contributed by atoms with Gasteiger partial charge in [0.05, 0.1) is 5.69 Å². The van der Waals surface area contributed by atoms with Crippen molar-refractivity contribution in [3.63, 3.8) is 0 Å². The Morgan fingerprint density at radius 1 is 1.52 bits per heavy atom. The fourth-order valence-corrected chi connectivity index (χ4v) is 4.64. The Kier molecular flexibility index (Phi) is 4.65. The largest absolute Gasteiger partial charge is 0.404 e. The third-order valence-corrected chi connectivity index (χ3v) is 6.00. The van der Waals surface area contributed by atoms with Crippen molar-refractivity contribution in [2.75, 3.05) is 24.9 Å². The van der Waals surface area contributed by atoms with Crippen molar-refractivity contribution in [1.82, 2.24) is 9.21 Å². The Balaban J connectivity index is 1.90. The molecule has 0 saturated carbocycles. The predicted octanol–water partition coefficient (Wildman–Crippen LogP) is 0.714. The van der Waals surface area contributed by atoms with Crippen LogP contribution in [0.4, 0.5) is 5.69 Å². The summed E-state index contributed by atoms with van der Waals surface area (Å²) < 4.78 is 29.4. The Labute approximate surface area is 147 Å². The fraction of sp³-hybridized carbons (Fsp3) is 0.375. The predicted molar refractivity (Wildman–Crippen MR) is 96.7 cm³/mol. The van der Waals surface area contributed by atoms with Crippen LogP contribution in [0.3, 0.4) is 0 Å². The van der Waals surface area contributed by atoms with Gasteiger partial charge in [0, 0.05) is 50.7 Å². The normalized spacial score (nSPS) is 23.3. The van der Waals surface area contributed by atoms with E-state index in [1.54, 1.807) is 24.2 Å². The van der Waals surface area contributed by atoms with Crippen LogP contribution in [0, 0.1) is 11.5 Å². The third kappa shape index (κ3) is 3.31. The SMILES string of the molecule is CN=CC(=CN)c1ccc2c(c1)NS(=O)(=O)N([C@@H]1CCN(C#N)C1)C2. The van der Waals surface area contributed by atoms with Gasteiger partial charge in [-0.05, 0) is 23.6 Å². The van der Waals surface area contributed by atoms with Gasteiger partial charge in [0.1, 0.15) is 0 Å². The summed E-state index contributed by atoms with van der Waals surface area (Å²) in [5.41, 5.74) is 8.56. The molecule has 1 saturated heterocycles. The number of nitrogens with two attached hydrogens (primary N) is 1. The lowest BCUT2D eigenvalue weighted by Gasteiger charge is -2.33. The number of likely N-dealkylation sites (tertiary alicyclic amines) is 1. The van der Waals surface area contributed by atoms with E-state index in [1.807, 2.05) is 12.1 Å². The minimum atomic E-state index is -3.65. The molecule has 9 heteroatoms. The standard InChI is InChI=1S/C16H20N6O2S/c1-19-8-14(7-17)12-2-3-13-9-22(15-4-5-21(10-15)11-18)25(23,24)20-16(13)6-12/h2-3,6-8,15,20H,4-5,9-10,17H2,1H3/t15-/m1/s1. The number of aliphatic imine (C=N–C) groups is 1. The van der Waals surface area contributed by atoms with Crippen LogP contribution in [-0.2, 0) is 16.8 Å². The van der Waals surface area contributed by atoms with E-state index >= 15 is 0 Å². The number of nitrogens with zero attached hydrogens (tertiary/aromatic N) is 4. The summed E-state index contributed by atoms with van der Waals surface area (Å²) in [6.07, 6.45) is 5.79. The fourth-order valence-electron chi connectivity index (χ4n) is 3.19. The van der Waals surface area contributed by atoms with E-state index in [1.165, 1.54) is 10.5 Å². The molecule has 1 aromatic carbocycles. The molecule has 0 amide bonds. The number of allylic oxidation sites excluding steroid dienone is 1. The molecule has 0 spiro atoms. The molecule has 2 heterocycles. The molecule has 1 aromatic rings. The van der Waals surface area contributed by atoms with Gasteiger partial charge in [0.15, 0.2) is 6.19 Å². The first-order chi connectivity index (χ1) is 12.0. The van der Waals surface area contributed by atoms with E-state index in [2.05, 4.69) is 15.9 Å². The van der Waals surface area contributed by atoms with Crippen molar-refractivity contribution in [3.8, 4) is 6.19 Å². The van der Waals surface area contributed by atoms with Crippen LogP contribution >= 0.6 is 0 Å². The highest BCUT2D eigenvalue weighted by Gasteiger charge is 2.38. The van der Waals surface area contributed by atoms with Crippen LogP contribution in [0.5, 0.6) is 0 Å². The molecule has 2 aliphatic rings. The summed E-state index contributed by atoms with van der Waals surface area (Å²) in [7, 11) is -2.00. The summed E-state index contributed by atoms with van der Waals surface area (Å²) >= 11 is 0. The van der Waals surface area contributed by atoms with Gasteiger partial charge in [0.25, 0.3) is 0 Å². The molecule has 8 nitrogen and oxygen atoms in total. The summed E-state index contributed by atoms with van der Waals surface area (Å²) in [6, 6.07) is 5.36. The first-order valence-corrected chi connectivity index (χ1v) is 9.34. The zero-order valence-corrected chi connectivity index (χ0v) is 14.7. The van der Waals surface area contributed by atoms with Gasteiger partial charge in [-0.1, -0.05) is 12.1 Å². The molecule has 0 aromatic heterocycles. The van der Waals surface area contributed by atoms with Gasteiger partial charge in [0.2, 0.25) is 0 Å². The smallest absolute Gasteiger partial charge is 0.302 e. The lowest BCUT2D eigenvalue weighted by molar-refractivity contribution is 0.313. The minimum absolute atomic E-state index is 0.198. The van der Waals surface area contributed by atoms with E-state index in [0.717, 1.165) is 11.1 Å². The van der Waals surface area contributed by atoms with Gasteiger partial charge in [-0.15, -0.1) is 0 Å². The van der Waals surface area contributed by atoms with Gasteiger partial charge in [-0.2, -0.15) is 18.0 Å². The molecule has 25 heavy (non-hydrogen) atoms. The zero-order valence-electron chi connectivity index (χ0n) is 13.9. The number of hydrogen-bond donors (Lipinski definition) is 2. The maximum Gasteiger partial charge on any atom is 0.302 e. The highest BCUT2D eigenvalue weighted by Crippen LogP contribution is 2.32. The Bertz CT molecular complexity index is 871. The minimum Gasteiger partial charge on any atom is -0.404 e. The van der Waals surface area contributed by atoms with Crippen molar-refractivity contribution in [2.24, 2.45) is 10.7 Å². The average molecular weight is 360 g/mol. The number of fused-ring (bicyclic) bond motifs is 1. The third-order valence-electron chi connectivity index (χ3n) is 4.48. The molecular formula is C16H20N6O2S. The highest BCUT2D eigenvalue weighted by atomic mass is 32.2. The van der Waals surface area contributed by atoms with Crippen molar-refractivity contribution in [1.29, 1.82) is 5.26 Å². The molecule has 0 aliphatic carbocycles. The summed E-state index contributed by atoms with van der Waals surface area (Å²) in [5, 5.41) is 8.99. The molecule has 1 fully saturated rings. The maximum absolute atomic E-state index is 12.7. The number of nitrogens with one attached hydrogen (secondary N) is 1. The summed E-state index contributed by atoms with van der Waals surface area (Å²) in [4.78, 5) is 5.54. The summed E-state index contributed by atoms with van der Waals surface area (Å²) in [5.74, 6) is 0. The Morgan fingerprint density at radius 3 is 2.96 bits per heavy atom. The lowest BCUT2D eigenvalue weighted by Crippen LogP contribution is -2.46. The molecule has 0 bridgehead atoms. The van der Waals surface area contributed by atoms with Crippen LogP contribution in [0.2, 0.25) is 0 Å². The van der Waals surface area contributed by atoms with E-state index in [-0.39, 0.29) is 6.04 Å². The topological polar surface area (TPSA) is 115 Å². The summed E-state index contributed by atoms with van der Waals surface area (Å²) in [6.45, 7) is 1.30. The molecule has 0 unspecified atom stereocenters. The van der Waals surface area contributed by atoms with Crippen molar-refractivity contribution >= 4 is 27.7 Å². The molecule has 2 aliphatic heterocycles. The second-order valence-corrected chi connectivity index (χ2v) is 7.65. The zero-order chi connectivity index (χ0) is 18.0. The lowest BCUT2D eigenvalue weighted by atomic mass is 10.0. The van der Waals surface area contributed by atoms with Crippen molar-refractivity contribution in [3.05, 3.63) is 35.5 Å². The van der Waals surface area contributed by atoms with Gasteiger partial charge >= 0.3 is 10.2 Å². The quantitative estimate of drug-likeness (QED) is 0.609. The number of hydrogen-bond acceptors (Lipinski definition) is 6. The Morgan fingerprint density at radius 2 is 2.32 bits per heavy atom. The van der Waals surface area contributed by atoms with Crippen molar-refractivity contribution < 1.29 is 8.42 Å². The van der Waals surface area contributed by atoms with Crippen LogP contribution in [0.15, 0.2) is 29.4 Å². The monoisotopic (exact) mass is 360 g/mol. The molecule has 3 rings (SSSR count). The second-order valence-electron chi connectivity index (χ2n) is 6.02. The number of nitriles is 1. The van der Waals surface area contributed by atoms with Crippen LogP contribution in [0.25, 0.3) is 5.57 Å². The van der Waals surface area contributed by atoms with Gasteiger partial charge < -0.3 is 10.6 Å². The number of benzene rings is 1. The van der Waals surface area contributed by atoms with Crippen LogP contribution < -0.4 is 10.5 Å². The maximum atomic E-state index is 12.7. The molecule has 0 radical (unpaired) electrons. The molecule has 132 valence electrons. The van der Waals surface area contributed by atoms with Gasteiger partial charge in [-0.25, -0.2) is 0 Å². The number of rotatable bonds is 3. The van der Waals surface area contributed by atoms with E-state index in [9.17, 15) is 8.42 Å². The molecule has 1 atom stereocenters. The van der Waals surface area contributed by atoms with E-state index in [0.29, 0.717) is 37.3 Å². The highest BCUT2D eigenvalue weighted by molar-refractivity contribution is 7.90. The van der Waals surface area contributed by atoms with E-state index < -0.39 is 10.2 Å². The first kappa shape index (κ1) is 17.3. The van der Waals surface area contributed by atoms with Crippen molar-refractivity contribution in [2.45, 2.75) is 19.0 Å². The van der Waals surface area contributed by atoms with Crippen LogP contribution in [-0.4, -0.2) is 50.0 Å². The molecular weight excluding hydrogens is 340 g/mol. The molecule has 3 N–H and O–H groups in total. The second kappa shape index (κ2) is 6.74. The Hall–Kier alpha value is -2.57. The van der Waals surface area contributed by atoms with Crippen LogP contribution in [0.1, 0.15) is 17.5 Å². The average Bonchev–Trinajstić information content (AvgIpc) is 3.06. The number of anilines is 1. The van der Waals surface area contributed by atoms with E-state index in [4.69, 9.17) is 11.0 Å². The van der Waals surface area contributed by atoms with Gasteiger partial charge in [-0.3, -0.25) is 9.71 Å².